The number of carbonyl (C=O) groups is 1. The fraction of sp³-hybridized carbons (Fsp3) is 0.529. The van der Waals surface area contributed by atoms with E-state index in [-0.39, 0.29) is 5.91 Å². The summed E-state index contributed by atoms with van der Waals surface area (Å²) in [6, 6.07) is 7.78. The van der Waals surface area contributed by atoms with E-state index in [9.17, 15) is 4.79 Å². The number of likely N-dealkylation sites (N-methyl/N-ethyl adjacent to an activating group) is 1. The number of rotatable bonds is 5. The first-order chi connectivity index (χ1) is 11.5. The second-order valence-corrected chi connectivity index (χ2v) is 6.33. The molecule has 0 atom stereocenters. The maximum absolute atomic E-state index is 11.8. The molecule has 1 amide bonds. The summed E-state index contributed by atoms with van der Waals surface area (Å²) in [7, 11) is 3.57. The average Bonchev–Trinajstić information content (AvgIpc) is 2.57. The predicted molar refractivity (Wildman–Crippen MR) is 101 cm³/mol. The molecule has 7 heteroatoms. The Morgan fingerprint density at radius 1 is 1.21 bits per heavy atom. The molecule has 1 N–H and O–H groups in total. The van der Waals surface area contributed by atoms with E-state index in [1.807, 2.05) is 31.2 Å². The van der Waals surface area contributed by atoms with Gasteiger partial charge in [0.1, 0.15) is 5.75 Å². The monoisotopic (exact) mass is 350 g/mol. The summed E-state index contributed by atoms with van der Waals surface area (Å²) in [6.45, 7) is 6.42. The second kappa shape index (κ2) is 8.84. The van der Waals surface area contributed by atoms with Gasteiger partial charge in [-0.15, -0.1) is 0 Å². The second-order valence-electron chi connectivity index (χ2n) is 5.94. The van der Waals surface area contributed by atoms with Crippen molar-refractivity contribution in [2.45, 2.75) is 6.92 Å². The number of ether oxygens (including phenoxy) is 1. The first kappa shape index (κ1) is 18.5. The zero-order valence-corrected chi connectivity index (χ0v) is 15.4. The van der Waals surface area contributed by atoms with E-state index in [0.29, 0.717) is 13.2 Å². The van der Waals surface area contributed by atoms with Gasteiger partial charge in [0.05, 0.1) is 13.2 Å². The summed E-state index contributed by atoms with van der Waals surface area (Å²) in [5.41, 5.74) is 0.952. The number of hydrogen-bond acceptors (Lipinski definition) is 4. The third-order valence-electron chi connectivity index (χ3n) is 3.93. The van der Waals surface area contributed by atoms with Crippen LogP contribution in [0.5, 0.6) is 5.75 Å². The van der Waals surface area contributed by atoms with E-state index in [2.05, 4.69) is 15.1 Å². The molecule has 1 aliphatic rings. The number of anilines is 1. The molecule has 1 aliphatic heterocycles. The van der Waals surface area contributed by atoms with Gasteiger partial charge in [0.15, 0.2) is 5.11 Å². The number of thiocarbonyl (C=S) groups is 1. The Hall–Kier alpha value is -1.86. The maximum atomic E-state index is 11.8. The normalized spacial score (nSPS) is 15.0. The van der Waals surface area contributed by atoms with E-state index in [1.165, 1.54) is 0 Å². The van der Waals surface area contributed by atoms with Gasteiger partial charge in [-0.3, -0.25) is 9.69 Å². The molecule has 1 saturated heterocycles. The van der Waals surface area contributed by atoms with E-state index < -0.39 is 0 Å². The van der Waals surface area contributed by atoms with Crippen LogP contribution in [0.1, 0.15) is 6.92 Å². The molecule has 1 aromatic rings. The number of hydrogen-bond donors (Lipinski definition) is 1. The van der Waals surface area contributed by atoms with Crippen molar-refractivity contribution in [1.82, 2.24) is 14.7 Å². The van der Waals surface area contributed by atoms with Crippen molar-refractivity contribution in [2.24, 2.45) is 0 Å². The van der Waals surface area contributed by atoms with Crippen molar-refractivity contribution < 1.29 is 9.53 Å². The molecule has 24 heavy (non-hydrogen) atoms. The Bertz CT molecular complexity index is 554. The lowest BCUT2D eigenvalue weighted by atomic mass is 10.3. The maximum Gasteiger partial charge on any atom is 0.236 e. The quantitative estimate of drug-likeness (QED) is 0.812. The fourth-order valence-corrected chi connectivity index (χ4v) is 2.75. The molecule has 6 nitrogen and oxygen atoms in total. The Balaban J connectivity index is 1.79. The summed E-state index contributed by atoms with van der Waals surface area (Å²) in [4.78, 5) is 17.7. The molecule has 0 bridgehead atoms. The van der Waals surface area contributed by atoms with Gasteiger partial charge >= 0.3 is 0 Å². The molecule has 0 unspecified atom stereocenters. The minimum Gasteiger partial charge on any atom is -0.494 e. The molecule has 0 aromatic heterocycles. The molecule has 0 aliphatic carbocycles. The summed E-state index contributed by atoms with van der Waals surface area (Å²) >= 11 is 5.50. The van der Waals surface area contributed by atoms with Gasteiger partial charge in [-0.2, -0.15) is 0 Å². The Kier molecular flexibility index (Phi) is 6.81. The molecular weight excluding hydrogens is 324 g/mol. The molecule has 132 valence electrons. The van der Waals surface area contributed by atoms with Gasteiger partial charge in [0, 0.05) is 46.0 Å². The Morgan fingerprint density at radius 2 is 1.83 bits per heavy atom. The van der Waals surface area contributed by atoms with Gasteiger partial charge < -0.3 is 19.9 Å². The number of carbonyl (C=O) groups excluding carboxylic acids is 1. The van der Waals surface area contributed by atoms with Crippen LogP contribution in [-0.4, -0.2) is 79.1 Å². The van der Waals surface area contributed by atoms with Crippen LogP contribution < -0.4 is 10.1 Å². The molecule has 2 rings (SSSR count). The lowest BCUT2D eigenvalue weighted by Gasteiger charge is -2.36. The topological polar surface area (TPSA) is 48.1 Å². The lowest BCUT2D eigenvalue weighted by molar-refractivity contribution is -0.130. The molecular formula is C17H26N4O2S. The van der Waals surface area contributed by atoms with Crippen LogP contribution in [0.4, 0.5) is 5.69 Å². The third kappa shape index (κ3) is 5.35. The van der Waals surface area contributed by atoms with E-state index >= 15 is 0 Å². The number of benzene rings is 1. The fourth-order valence-electron chi connectivity index (χ4n) is 2.45. The summed E-state index contributed by atoms with van der Waals surface area (Å²) in [5.74, 6) is 0.992. The summed E-state index contributed by atoms with van der Waals surface area (Å²) in [5, 5.41) is 3.98. The van der Waals surface area contributed by atoms with Crippen LogP contribution in [0.3, 0.4) is 0 Å². The van der Waals surface area contributed by atoms with Gasteiger partial charge in [-0.1, -0.05) is 0 Å². The molecule has 0 radical (unpaired) electrons. The van der Waals surface area contributed by atoms with E-state index in [4.69, 9.17) is 17.0 Å². The minimum atomic E-state index is 0.138. The Morgan fingerprint density at radius 3 is 2.38 bits per heavy atom. The van der Waals surface area contributed by atoms with Gasteiger partial charge in [0.2, 0.25) is 5.91 Å². The summed E-state index contributed by atoms with van der Waals surface area (Å²) < 4.78 is 5.43. The molecule has 1 aromatic carbocycles. The van der Waals surface area contributed by atoms with Crippen LogP contribution >= 0.6 is 12.2 Å². The number of nitrogens with one attached hydrogen (secondary N) is 1. The highest BCUT2D eigenvalue weighted by Crippen LogP contribution is 2.16. The van der Waals surface area contributed by atoms with Gasteiger partial charge in [-0.25, -0.2) is 0 Å². The van der Waals surface area contributed by atoms with Gasteiger partial charge in [0.25, 0.3) is 0 Å². The van der Waals surface area contributed by atoms with Crippen molar-refractivity contribution in [3.8, 4) is 5.75 Å². The minimum absolute atomic E-state index is 0.138. The third-order valence-corrected chi connectivity index (χ3v) is 4.29. The standard InChI is InChI=1S/C17H26N4O2S/c1-4-23-15-7-5-14(6-8-15)18-17(24)21-11-9-20(10-12-21)13-16(22)19(2)3/h5-8H,4,9-13H2,1-3H3,(H,18,24). The van der Waals surface area contributed by atoms with Crippen molar-refractivity contribution in [3.63, 3.8) is 0 Å². The number of nitrogens with zero attached hydrogens (tertiary/aromatic N) is 3. The zero-order chi connectivity index (χ0) is 17.5. The zero-order valence-electron chi connectivity index (χ0n) is 14.6. The van der Waals surface area contributed by atoms with Crippen molar-refractivity contribution in [1.29, 1.82) is 0 Å². The van der Waals surface area contributed by atoms with Crippen molar-refractivity contribution in [2.75, 3.05) is 58.7 Å². The van der Waals surface area contributed by atoms with Crippen molar-refractivity contribution in [3.05, 3.63) is 24.3 Å². The molecule has 0 saturated carbocycles. The van der Waals surface area contributed by atoms with Crippen LogP contribution in [0.2, 0.25) is 0 Å². The molecule has 0 spiro atoms. The van der Waals surface area contributed by atoms with Crippen molar-refractivity contribution >= 4 is 28.9 Å². The Labute approximate surface area is 149 Å². The van der Waals surface area contributed by atoms with Crippen LogP contribution in [0.25, 0.3) is 0 Å². The largest absolute Gasteiger partial charge is 0.494 e. The highest BCUT2D eigenvalue weighted by molar-refractivity contribution is 7.80. The lowest BCUT2D eigenvalue weighted by Crippen LogP contribution is -2.51. The van der Waals surface area contributed by atoms with Crippen LogP contribution in [0, 0.1) is 0 Å². The molecule has 1 fully saturated rings. The smallest absolute Gasteiger partial charge is 0.236 e. The number of piperazine rings is 1. The SMILES string of the molecule is CCOc1ccc(NC(=S)N2CCN(CC(=O)N(C)C)CC2)cc1. The van der Waals surface area contributed by atoms with E-state index in [0.717, 1.165) is 42.7 Å². The first-order valence-electron chi connectivity index (χ1n) is 8.21. The highest BCUT2D eigenvalue weighted by atomic mass is 32.1. The van der Waals surface area contributed by atoms with Gasteiger partial charge in [-0.05, 0) is 43.4 Å². The first-order valence-corrected chi connectivity index (χ1v) is 8.61. The summed E-state index contributed by atoms with van der Waals surface area (Å²) in [6.07, 6.45) is 0. The predicted octanol–water partition coefficient (Wildman–Crippen LogP) is 1.49. The van der Waals surface area contributed by atoms with Crippen LogP contribution in [-0.2, 0) is 4.79 Å². The molecule has 1 heterocycles. The van der Waals surface area contributed by atoms with Crippen LogP contribution in [0.15, 0.2) is 24.3 Å². The number of amides is 1. The van der Waals surface area contributed by atoms with E-state index in [1.54, 1.807) is 19.0 Å². The highest BCUT2D eigenvalue weighted by Gasteiger charge is 2.21. The average molecular weight is 350 g/mol.